The minimum atomic E-state index is -0.532. The molecule has 0 aliphatic rings. The molecule has 19 heavy (non-hydrogen) atoms. The van der Waals surface area contributed by atoms with Crippen molar-refractivity contribution in [2.75, 3.05) is 26.7 Å². The van der Waals surface area contributed by atoms with Crippen LogP contribution >= 0.6 is 0 Å². The zero-order valence-corrected chi connectivity index (χ0v) is 10.9. The lowest BCUT2D eigenvalue weighted by Gasteiger charge is -2.08. The van der Waals surface area contributed by atoms with Crippen molar-refractivity contribution in [1.82, 2.24) is 10.6 Å². The van der Waals surface area contributed by atoms with Crippen LogP contribution in [0, 0.1) is 10.1 Å². The van der Waals surface area contributed by atoms with Crippen molar-refractivity contribution in [3.63, 3.8) is 0 Å². The predicted molar refractivity (Wildman–Crippen MR) is 70.5 cm³/mol. The van der Waals surface area contributed by atoms with Crippen molar-refractivity contribution in [3.8, 4) is 5.75 Å². The summed E-state index contributed by atoms with van der Waals surface area (Å²) in [6, 6.07) is 4.05. The summed E-state index contributed by atoms with van der Waals surface area (Å²) < 4.78 is 5.35. The third-order valence-electron chi connectivity index (χ3n) is 2.43. The van der Waals surface area contributed by atoms with Gasteiger partial charge in [-0.1, -0.05) is 6.92 Å². The molecule has 0 aromatic heterocycles. The van der Waals surface area contributed by atoms with Gasteiger partial charge in [-0.2, -0.15) is 0 Å². The Morgan fingerprint density at radius 3 is 2.79 bits per heavy atom. The lowest BCUT2D eigenvalue weighted by Crippen LogP contribution is -2.21. The van der Waals surface area contributed by atoms with Gasteiger partial charge in [-0.15, -0.1) is 0 Å². The second-order valence-corrected chi connectivity index (χ2v) is 3.72. The van der Waals surface area contributed by atoms with Crippen molar-refractivity contribution < 1.29 is 14.5 Å². The van der Waals surface area contributed by atoms with E-state index in [4.69, 9.17) is 4.74 Å². The number of nitrogens with zero attached hydrogens (tertiary/aromatic N) is 1. The van der Waals surface area contributed by atoms with Crippen LogP contribution in [-0.4, -0.2) is 37.6 Å². The van der Waals surface area contributed by atoms with Gasteiger partial charge in [0.05, 0.1) is 4.92 Å². The van der Waals surface area contributed by atoms with Crippen LogP contribution in [0.1, 0.15) is 17.3 Å². The molecule has 0 atom stereocenters. The average Bonchev–Trinajstić information content (AvgIpc) is 2.42. The maximum atomic E-state index is 11.5. The number of hydrogen-bond donors (Lipinski definition) is 2. The SMILES string of the molecule is CCNCCOc1cc(C(=O)NC)ccc1[N+](=O)[O-]. The maximum absolute atomic E-state index is 11.5. The van der Waals surface area contributed by atoms with Crippen molar-refractivity contribution in [3.05, 3.63) is 33.9 Å². The van der Waals surface area contributed by atoms with E-state index in [1.807, 2.05) is 6.92 Å². The van der Waals surface area contributed by atoms with E-state index >= 15 is 0 Å². The summed E-state index contributed by atoms with van der Waals surface area (Å²) >= 11 is 0. The number of likely N-dealkylation sites (N-methyl/N-ethyl adjacent to an activating group) is 1. The quantitative estimate of drug-likeness (QED) is 0.435. The van der Waals surface area contributed by atoms with Gasteiger partial charge in [0, 0.05) is 31.3 Å². The van der Waals surface area contributed by atoms with E-state index in [0.717, 1.165) is 6.54 Å². The summed E-state index contributed by atoms with van der Waals surface area (Å²) in [5.74, 6) is -0.213. The second kappa shape index (κ2) is 7.32. The summed E-state index contributed by atoms with van der Waals surface area (Å²) in [4.78, 5) is 21.8. The van der Waals surface area contributed by atoms with E-state index in [9.17, 15) is 14.9 Å². The number of carbonyl (C=O) groups is 1. The molecule has 0 aliphatic heterocycles. The smallest absolute Gasteiger partial charge is 0.310 e. The molecule has 1 aromatic rings. The number of rotatable bonds is 7. The van der Waals surface area contributed by atoms with E-state index in [1.54, 1.807) is 0 Å². The summed E-state index contributed by atoms with van der Waals surface area (Å²) in [6.07, 6.45) is 0. The third-order valence-corrected chi connectivity index (χ3v) is 2.43. The molecule has 7 heteroatoms. The largest absolute Gasteiger partial charge is 0.485 e. The molecule has 0 saturated carbocycles. The third kappa shape index (κ3) is 4.22. The van der Waals surface area contributed by atoms with Crippen LogP contribution < -0.4 is 15.4 Å². The minimum Gasteiger partial charge on any atom is -0.485 e. The Kier molecular flexibility index (Phi) is 5.74. The van der Waals surface area contributed by atoms with Crippen molar-refractivity contribution in [2.45, 2.75) is 6.92 Å². The van der Waals surface area contributed by atoms with Crippen LogP contribution in [0.5, 0.6) is 5.75 Å². The van der Waals surface area contributed by atoms with Crippen LogP contribution in [-0.2, 0) is 0 Å². The Labute approximate surface area is 111 Å². The molecule has 0 fully saturated rings. The number of nitro benzene ring substituents is 1. The highest BCUT2D eigenvalue weighted by Crippen LogP contribution is 2.27. The summed E-state index contributed by atoms with van der Waals surface area (Å²) in [5.41, 5.74) is 0.177. The zero-order chi connectivity index (χ0) is 14.3. The lowest BCUT2D eigenvalue weighted by atomic mass is 10.2. The van der Waals surface area contributed by atoms with Gasteiger partial charge >= 0.3 is 5.69 Å². The molecule has 1 amide bonds. The van der Waals surface area contributed by atoms with Crippen LogP contribution in [0.2, 0.25) is 0 Å². The molecule has 0 spiro atoms. The standard InChI is InChI=1S/C12H17N3O4/c1-3-14-6-7-19-11-8-9(12(16)13-2)4-5-10(11)15(17)18/h4-5,8,14H,3,6-7H2,1-2H3,(H,13,16). The minimum absolute atomic E-state index is 0.101. The molecule has 0 saturated heterocycles. The number of nitrogens with one attached hydrogen (secondary N) is 2. The van der Waals surface area contributed by atoms with Gasteiger partial charge in [0.2, 0.25) is 0 Å². The number of benzene rings is 1. The first-order chi connectivity index (χ1) is 9.10. The molecule has 0 bridgehead atoms. The summed E-state index contributed by atoms with van der Waals surface area (Å²) in [5, 5.41) is 16.4. The number of nitro groups is 1. The van der Waals surface area contributed by atoms with Gasteiger partial charge in [-0.05, 0) is 12.6 Å². The van der Waals surface area contributed by atoms with Gasteiger partial charge in [-0.25, -0.2) is 0 Å². The van der Waals surface area contributed by atoms with E-state index in [2.05, 4.69) is 10.6 Å². The number of ether oxygens (including phenoxy) is 1. The summed E-state index contributed by atoms with van der Waals surface area (Å²) in [7, 11) is 1.50. The highest BCUT2D eigenvalue weighted by molar-refractivity contribution is 5.94. The Morgan fingerprint density at radius 2 is 2.21 bits per heavy atom. The fourth-order valence-corrected chi connectivity index (χ4v) is 1.48. The normalized spacial score (nSPS) is 10.0. The number of carbonyl (C=O) groups excluding carboxylic acids is 1. The first kappa shape index (κ1) is 14.9. The summed E-state index contributed by atoms with van der Waals surface area (Å²) in [6.45, 7) is 3.63. The molecular weight excluding hydrogens is 250 g/mol. The number of amides is 1. The van der Waals surface area contributed by atoms with Crippen LogP contribution in [0.4, 0.5) is 5.69 Å². The van der Waals surface area contributed by atoms with E-state index in [1.165, 1.54) is 25.2 Å². The van der Waals surface area contributed by atoms with Crippen LogP contribution in [0.15, 0.2) is 18.2 Å². The average molecular weight is 267 g/mol. The molecular formula is C12H17N3O4. The van der Waals surface area contributed by atoms with Gasteiger partial charge < -0.3 is 15.4 Å². The Hall–Kier alpha value is -2.15. The van der Waals surface area contributed by atoms with E-state index in [-0.39, 0.29) is 17.3 Å². The molecule has 0 heterocycles. The molecule has 0 aliphatic carbocycles. The highest BCUT2D eigenvalue weighted by atomic mass is 16.6. The van der Waals surface area contributed by atoms with Gasteiger partial charge in [0.1, 0.15) is 6.61 Å². The first-order valence-electron chi connectivity index (χ1n) is 5.94. The fraction of sp³-hybridized carbons (Fsp3) is 0.417. The van der Waals surface area contributed by atoms with Crippen LogP contribution in [0.25, 0.3) is 0 Å². The van der Waals surface area contributed by atoms with Gasteiger partial charge in [0.15, 0.2) is 5.75 Å². The van der Waals surface area contributed by atoms with Crippen molar-refractivity contribution in [2.24, 2.45) is 0 Å². The van der Waals surface area contributed by atoms with Crippen molar-refractivity contribution in [1.29, 1.82) is 0 Å². The van der Waals surface area contributed by atoms with E-state index in [0.29, 0.717) is 18.7 Å². The highest BCUT2D eigenvalue weighted by Gasteiger charge is 2.17. The van der Waals surface area contributed by atoms with Gasteiger partial charge in [0.25, 0.3) is 5.91 Å². The molecule has 0 radical (unpaired) electrons. The molecule has 7 nitrogen and oxygen atoms in total. The predicted octanol–water partition coefficient (Wildman–Crippen LogP) is 0.943. The molecule has 0 unspecified atom stereocenters. The Bertz CT molecular complexity index is 462. The maximum Gasteiger partial charge on any atom is 0.310 e. The number of hydrogen-bond acceptors (Lipinski definition) is 5. The van der Waals surface area contributed by atoms with E-state index < -0.39 is 4.92 Å². The molecule has 104 valence electrons. The van der Waals surface area contributed by atoms with Crippen LogP contribution in [0.3, 0.4) is 0 Å². The Morgan fingerprint density at radius 1 is 1.47 bits per heavy atom. The zero-order valence-electron chi connectivity index (χ0n) is 10.9. The molecule has 2 N–H and O–H groups in total. The first-order valence-corrected chi connectivity index (χ1v) is 5.94. The fourth-order valence-electron chi connectivity index (χ4n) is 1.48. The molecule has 1 aromatic carbocycles. The molecule has 1 rings (SSSR count). The monoisotopic (exact) mass is 267 g/mol. The Balaban J connectivity index is 2.89. The van der Waals surface area contributed by atoms with Crippen molar-refractivity contribution >= 4 is 11.6 Å². The van der Waals surface area contributed by atoms with Gasteiger partial charge in [-0.3, -0.25) is 14.9 Å². The topological polar surface area (TPSA) is 93.5 Å². The lowest BCUT2D eigenvalue weighted by molar-refractivity contribution is -0.385. The second-order valence-electron chi connectivity index (χ2n) is 3.72.